The van der Waals surface area contributed by atoms with Gasteiger partial charge in [0.25, 0.3) is 0 Å². The van der Waals surface area contributed by atoms with E-state index in [1.807, 2.05) is 0 Å². The van der Waals surface area contributed by atoms with Crippen LogP contribution in [0, 0.1) is 0 Å². The molecule has 0 aliphatic heterocycles. The Morgan fingerprint density at radius 3 is 2.18 bits per heavy atom. The number of hydrogen-bond acceptors (Lipinski definition) is 3. The van der Waals surface area contributed by atoms with Crippen LogP contribution >= 0.6 is 11.6 Å². The average molecular weight is 175 g/mol. The van der Waals surface area contributed by atoms with Crippen LogP contribution in [0.4, 0.5) is 0 Å². The summed E-state index contributed by atoms with van der Waals surface area (Å²) in [5, 5.41) is 26.7. The maximum atomic E-state index is 9.06. The second-order valence-corrected chi connectivity index (χ2v) is 2.43. The maximum Gasteiger partial charge on any atom is 0.134 e. The largest absolute Gasteiger partial charge is 0.508 e. The van der Waals surface area contributed by atoms with Crippen LogP contribution in [0.5, 0.6) is 11.5 Å². The number of benzene rings is 1. The Kier molecular flexibility index (Phi) is 2.22. The van der Waals surface area contributed by atoms with Gasteiger partial charge in [-0.05, 0) is 12.1 Å². The molecular formula is C7H7ClO3. The second-order valence-electron chi connectivity index (χ2n) is 2.05. The highest BCUT2D eigenvalue weighted by molar-refractivity contribution is 6.33. The third kappa shape index (κ3) is 1.39. The van der Waals surface area contributed by atoms with Gasteiger partial charge >= 0.3 is 0 Å². The summed E-state index contributed by atoms with van der Waals surface area (Å²) in [6.07, 6.45) is 0. The van der Waals surface area contributed by atoms with Crippen molar-refractivity contribution in [3.63, 3.8) is 0 Å². The monoisotopic (exact) mass is 174 g/mol. The Morgan fingerprint density at radius 2 is 1.73 bits per heavy atom. The summed E-state index contributed by atoms with van der Waals surface area (Å²) in [6.45, 7) is -0.390. The lowest BCUT2D eigenvalue weighted by Crippen LogP contribution is -1.85. The van der Waals surface area contributed by atoms with Crippen LogP contribution in [0.3, 0.4) is 0 Å². The first-order valence-corrected chi connectivity index (χ1v) is 3.34. The van der Waals surface area contributed by atoms with E-state index in [1.165, 1.54) is 12.1 Å². The summed E-state index contributed by atoms with van der Waals surface area (Å²) in [6, 6.07) is 2.53. The van der Waals surface area contributed by atoms with E-state index < -0.39 is 0 Å². The number of aliphatic hydroxyl groups is 1. The van der Waals surface area contributed by atoms with Gasteiger partial charge in [-0.2, -0.15) is 0 Å². The normalized spacial score (nSPS) is 10.0. The summed E-state index contributed by atoms with van der Waals surface area (Å²) in [4.78, 5) is 0. The zero-order chi connectivity index (χ0) is 8.43. The number of aliphatic hydroxyl groups excluding tert-OH is 1. The molecule has 0 aromatic heterocycles. The molecule has 0 heterocycles. The van der Waals surface area contributed by atoms with Gasteiger partial charge in [0.1, 0.15) is 11.5 Å². The first kappa shape index (κ1) is 8.17. The summed E-state index contributed by atoms with van der Waals surface area (Å²) >= 11 is 5.53. The molecule has 0 aliphatic rings. The summed E-state index contributed by atoms with van der Waals surface area (Å²) in [5.74, 6) is -0.260. The van der Waals surface area contributed by atoms with E-state index in [0.717, 1.165) is 0 Å². The fourth-order valence-corrected chi connectivity index (χ4v) is 0.969. The minimum absolute atomic E-state index is 0.00694. The molecule has 0 bridgehead atoms. The van der Waals surface area contributed by atoms with Crippen molar-refractivity contribution in [1.82, 2.24) is 0 Å². The third-order valence-electron chi connectivity index (χ3n) is 1.36. The van der Waals surface area contributed by atoms with Crippen LogP contribution in [0.25, 0.3) is 0 Å². The van der Waals surface area contributed by atoms with Crippen molar-refractivity contribution in [3.05, 3.63) is 22.7 Å². The summed E-state index contributed by atoms with van der Waals surface area (Å²) in [7, 11) is 0. The standard InChI is InChI=1S/C7H7ClO3/c8-7-4(3-9)5(10)1-2-6(7)11/h1-2,9-11H,3H2. The molecule has 4 heteroatoms. The van der Waals surface area contributed by atoms with Crippen molar-refractivity contribution in [1.29, 1.82) is 0 Å². The van der Waals surface area contributed by atoms with Gasteiger partial charge in [0, 0.05) is 5.56 Å². The van der Waals surface area contributed by atoms with Gasteiger partial charge < -0.3 is 15.3 Å². The van der Waals surface area contributed by atoms with Gasteiger partial charge in [0.2, 0.25) is 0 Å². The first-order valence-electron chi connectivity index (χ1n) is 2.97. The van der Waals surface area contributed by atoms with Crippen molar-refractivity contribution in [2.75, 3.05) is 0 Å². The van der Waals surface area contributed by atoms with Crippen LogP contribution in [-0.4, -0.2) is 15.3 Å². The Balaban J connectivity index is 3.29. The van der Waals surface area contributed by atoms with Crippen LogP contribution < -0.4 is 0 Å². The molecule has 0 spiro atoms. The lowest BCUT2D eigenvalue weighted by Gasteiger charge is -2.04. The van der Waals surface area contributed by atoms with E-state index in [1.54, 1.807) is 0 Å². The van der Waals surface area contributed by atoms with Gasteiger partial charge in [-0.15, -0.1) is 0 Å². The number of rotatable bonds is 1. The molecule has 0 unspecified atom stereocenters. The van der Waals surface area contributed by atoms with Crippen LogP contribution in [0.1, 0.15) is 5.56 Å². The van der Waals surface area contributed by atoms with Crippen molar-refractivity contribution in [3.8, 4) is 11.5 Å². The van der Waals surface area contributed by atoms with Crippen molar-refractivity contribution in [2.45, 2.75) is 6.61 Å². The van der Waals surface area contributed by atoms with Gasteiger partial charge in [0.15, 0.2) is 0 Å². The Hall–Kier alpha value is -0.930. The molecule has 3 N–H and O–H groups in total. The van der Waals surface area contributed by atoms with Crippen LogP contribution in [0.2, 0.25) is 5.02 Å². The number of hydrogen-bond donors (Lipinski definition) is 3. The topological polar surface area (TPSA) is 60.7 Å². The molecule has 0 saturated heterocycles. The highest BCUT2D eigenvalue weighted by Gasteiger charge is 2.08. The Bertz CT molecular complexity index is 273. The molecule has 0 radical (unpaired) electrons. The fraction of sp³-hybridized carbons (Fsp3) is 0.143. The average Bonchev–Trinajstić information content (AvgIpc) is 1.99. The van der Waals surface area contributed by atoms with Crippen molar-refractivity contribution < 1.29 is 15.3 Å². The summed E-state index contributed by atoms with van der Waals surface area (Å²) in [5.41, 5.74) is 0.145. The molecule has 60 valence electrons. The number of phenolic OH excluding ortho intramolecular Hbond substituents is 1. The van der Waals surface area contributed by atoms with E-state index >= 15 is 0 Å². The Labute approximate surface area is 68.5 Å². The fourth-order valence-electron chi connectivity index (χ4n) is 0.749. The van der Waals surface area contributed by atoms with E-state index in [0.29, 0.717) is 0 Å². The highest BCUT2D eigenvalue weighted by Crippen LogP contribution is 2.32. The SMILES string of the molecule is OCc1c(O)ccc(O)c1Cl. The first-order chi connectivity index (χ1) is 5.16. The lowest BCUT2D eigenvalue weighted by atomic mass is 10.2. The predicted octanol–water partition coefficient (Wildman–Crippen LogP) is 1.24. The quantitative estimate of drug-likeness (QED) is 0.562. The maximum absolute atomic E-state index is 9.06. The Morgan fingerprint density at radius 1 is 1.18 bits per heavy atom. The highest BCUT2D eigenvalue weighted by atomic mass is 35.5. The zero-order valence-electron chi connectivity index (χ0n) is 5.58. The second kappa shape index (κ2) is 2.98. The van der Waals surface area contributed by atoms with Crippen LogP contribution in [0.15, 0.2) is 12.1 Å². The lowest BCUT2D eigenvalue weighted by molar-refractivity contribution is 0.275. The van der Waals surface area contributed by atoms with E-state index in [9.17, 15) is 0 Å². The molecule has 0 amide bonds. The molecule has 0 fully saturated rings. The summed E-state index contributed by atoms with van der Waals surface area (Å²) < 4.78 is 0. The third-order valence-corrected chi connectivity index (χ3v) is 1.78. The molecule has 1 aromatic carbocycles. The molecule has 1 aromatic rings. The molecule has 1 rings (SSSR count). The number of aromatic hydroxyl groups is 2. The van der Waals surface area contributed by atoms with Gasteiger partial charge in [-0.1, -0.05) is 11.6 Å². The number of halogens is 1. The van der Waals surface area contributed by atoms with Gasteiger partial charge in [-0.25, -0.2) is 0 Å². The molecule has 0 atom stereocenters. The predicted molar refractivity (Wildman–Crippen MR) is 40.7 cm³/mol. The van der Waals surface area contributed by atoms with E-state index in [-0.39, 0.29) is 28.7 Å². The number of phenols is 2. The van der Waals surface area contributed by atoms with Crippen molar-refractivity contribution in [2.24, 2.45) is 0 Å². The van der Waals surface area contributed by atoms with Crippen LogP contribution in [-0.2, 0) is 6.61 Å². The minimum atomic E-state index is -0.390. The van der Waals surface area contributed by atoms with Gasteiger partial charge in [-0.3, -0.25) is 0 Å². The molecular weight excluding hydrogens is 168 g/mol. The zero-order valence-corrected chi connectivity index (χ0v) is 6.34. The smallest absolute Gasteiger partial charge is 0.134 e. The van der Waals surface area contributed by atoms with Crippen molar-refractivity contribution >= 4 is 11.6 Å². The van der Waals surface area contributed by atoms with Gasteiger partial charge in [0.05, 0.1) is 11.6 Å². The van der Waals surface area contributed by atoms with E-state index in [4.69, 9.17) is 26.9 Å². The molecule has 0 aliphatic carbocycles. The minimum Gasteiger partial charge on any atom is -0.508 e. The molecule has 3 nitrogen and oxygen atoms in total. The molecule has 11 heavy (non-hydrogen) atoms. The molecule has 0 saturated carbocycles. The van der Waals surface area contributed by atoms with E-state index in [2.05, 4.69) is 0 Å².